The monoisotopic (exact) mass is 463 g/mol. The number of carbonyl (C=O) groups excluding carboxylic acids is 3. The predicted octanol–water partition coefficient (Wildman–Crippen LogP) is 3.39. The fraction of sp³-hybridized carbons (Fsp3) is 0.640. The largest absolute Gasteiger partial charge is 0.444 e. The van der Waals surface area contributed by atoms with Gasteiger partial charge in [-0.05, 0) is 64.7 Å². The number of rotatable bonds is 11. The Balaban J connectivity index is 3.26. The summed E-state index contributed by atoms with van der Waals surface area (Å²) < 4.78 is 5.23. The Morgan fingerprint density at radius 3 is 2.33 bits per heavy atom. The average molecular weight is 464 g/mol. The third-order valence-corrected chi connectivity index (χ3v) is 5.38. The molecule has 0 saturated heterocycles. The van der Waals surface area contributed by atoms with Crippen LogP contribution in [0.5, 0.6) is 0 Å². The predicted molar refractivity (Wildman–Crippen MR) is 129 cm³/mol. The first-order chi connectivity index (χ1) is 15.5. The van der Waals surface area contributed by atoms with E-state index < -0.39 is 36.3 Å². The van der Waals surface area contributed by atoms with Crippen LogP contribution in [0, 0.1) is 13.8 Å². The molecule has 0 saturated carbocycles. The second kappa shape index (κ2) is 13.2. The molecule has 1 aromatic carbocycles. The Bertz CT molecular complexity index is 804. The molecule has 0 aliphatic rings. The second-order valence-corrected chi connectivity index (χ2v) is 9.20. The number of ether oxygens (including phenoxy) is 1. The Morgan fingerprint density at radius 2 is 1.79 bits per heavy atom. The van der Waals surface area contributed by atoms with Crippen LogP contribution in [0.15, 0.2) is 18.2 Å². The highest BCUT2D eigenvalue weighted by Crippen LogP contribution is 2.27. The van der Waals surface area contributed by atoms with E-state index in [0.717, 1.165) is 30.4 Å². The fourth-order valence-corrected chi connectivity index (χ4v) is 3.51. The van der Waals surface area contributed by atoms with Crippen LogP contribution in [-0.2, 0) is 14.3 Å². The van der Waals surface area contributed by atoms with E-state index in [-0.39, 0.29) is 12.5 Å². The summed E-state index contributed by atoms with van der Waals surface area (Å²) in [5, 5.41) is 15.2. The van der Waals surface area contributed by atoms with Gasteiger partial charge in [0.15, 0.2) is 0 Å². The van der Waals surface area contributed by atoms with Crippen LogP contribution >= 0.6 is 0 Å². The summed E-state index contributed by atoms with van der Waals surface area (Å²) in [7, 11) is 0. The lowest BCUT2D eigenvalue weighted by Crippen LogP contribution is -2.54. The minimum atomic E-state index is -1.24. The maximum absolute atomic E-state index is 13.4. The molecule has 33 heavy (non-hydrogen) atoms. The molecule has 186 valence electrons. The molecule has 8 nitrogen and oxygen atoms in total. The molecule has 0 spiro atoms. The van der Waals surface area contributed by atoms with E-state index in [1.54, 1.807) is 27.7 Å². The van der Waals surface area contributed by atoms with Gasteiger partial charge in [0.05, 0.1) is 6.61 Å². The molecule has 0 aliphatic carbocycles. The van der Waals surface area contributed by atoms with Gasteiger partial charge >= 0.3 is 6.09 Å². The number of amides is 3. The number of nitrogens with one attached hydrogen (secondary N) is 2. The van der Waals surface area contributed by atoms with Gasteiger partial charge in [-0.25, -0.2) is 4.79 Å². The minimum Gasteiger partial charge on any atom is -0.444 e. The van der Waals surface area contributed by atoms with Crippen molar-refractivity contribution in [2.45, 2.75) is 85.4 Å². The summed E-state index contributed by atoms with van der Waals surface area (Å²) in [6.07, 6.45) is 2.07. The summed E-state index contributed by atoms with van der Waals surface area (Å²) >= 11 is 0. The molecule has 0 bridgehead atoms. The molecular weight excluding hydrogens is 422 g/mol. The third-order valence-electron chi connectivity index (χ3n) is 5.38. The van der Waals surface area contributed by atoms with Crippen molar-refractivity contribution in [2.75, 3.05) is 19.7 Å². The standard InChI is InChI=1S/C25H41N3O5/c1-8-10-11-15-26-22(30)21(19-14-12-13-17(3)18(19)4)28(9-2)23(31)20(16-29)27-24(32)33-25(5,6)7/h12-14,20-21,29H,8-11,15-16H2,1-7H3,(H,26,30)(H,27,32). The minimum absolute atomic E-state index is 0.214. The highest BCUT2D eigenvalue weighted by atomic mass is 16.6. The van der Waals surface area contributed by atoms with Gasteiger partial charge in [-0.2, -0.15) is 0 Å². The third kappa shape index (κ3) is 8.68. The highest BCUT2D eigenvalue weighted by molar-refractivity contribution is 5.92. The first kappa shape index (κ1) is 28.4. The number of alkyl carbamates (subject to hydrolysis) is 1. The SMILES string of the molecule is CCCCCNC(=O)C(c1cccc(C)c1C)N(CC)C(=O)C(CO)NC(=O)OC(C)(C)C. The van der Waals surface area contributed by atoms with Crippen LogP contribution in [-0.4, -0.2) is 59.3 Å². The lowest BCUT2D eigenvalue weighted by atomic mass is 9.95. The lowest BCUT2D eigenvalue weighted by Gasteiger charge is -2.34. The van der Waals surface area contributed by atoms with E-state index in [1.165, 1.54) is 4.90 Å². The quantitative estimate of drug-likeness (QED) is 0.436. The van der Waals surface area contributed by atoms with E-state index in [1.807, 2.05) is 32.0 Å². The van der Waals surface area contributed by atoms with Crippen LogP contribution in [0.4, 0.5) is 4.79 Å². The number of aliphatic hydroxyl groups is 1. The van der Waals surface area contributed by atoms with Crippen molar-refractivity contribution in [2.24, 2.45) is 0 Å². The molecule has 0 fully saturated rings. The first-order valence-electron chi connectivity index (χ1n) is 11.7. The van der Waals surface area contributed by atoms with Crippen molar-refractivity contribution in [1.82, 2.24) is 15.5 Å². The number of hydrogen-bond donors (Lipinski definition) is 3. The average Bonchev–Trinajstić information content (AvgIpc) is 2.73. The van der Waals surface area contributed by atoms with Crippen LogP contribution in [0.25, 0.3) is 0 Å². The van der Waals surface area contributed by atoms with Crippen LogP contribution in [0.1, 0.15) is 76.6 Å². The van der Waals surface area contributed by atoms with Gasteiger partial charge in [0, 0.05) is 13.1 Å². The molecule has 8 heteroatoms. The van der Waals surface area contributed by atoms with Crippen molar-refractivity contribution < 1.29 is 24.2 Å². The fourth-order valence-electron chi connectivity index (χ4n) is 3.51. The van der Waals surface area contributed by atoms with Gasteiger partial charge in [-0.1, -0.05) is 38.0 Å². The molecule has 0 radical (unpaired) electrons. The van der Waals surface area contributed by atoms with Gasteiger partial charge in [0.2, 0.25) is 11.8 Å². The first-order valence-corrected chi connectivity index (χ1v) is 11.7. The van der Waals surface area contributed by atoms with Gasteiger partial charge in [-0.3, -0.25) is 9.59 Å². The number of aryl methyl sites for hydroxylation is 1. The zero-order chi connectivity index (χ0) is 25.2. The van der Waals surface area contributed by atoms with Crippen molar-refractivity contribution in [3.8, 4) is 0 Å². The summed E-state index contributed by atoms with van der Waals surface area (Å²) in [5.41, 5.74) is 1.88. The number of aliphatic hydroxyl groups excluding tert-OH is 1. The molecule has 1 rings (SSSR count). The Hall–Kier alpha value is -2.61. The molecule has 3 amide bonds. The zero-order valence-corrected chi connectivity index (χ0v) is 21.2. The van der Waals surface area contributed by atoms with Gasteiger partial charge < -0.3 is 25.4 Å². The van der Waals surface area contributed by atoms with Crippen molar-refractivity contribution in [3.05, 3.63) is 34.9 Å². The molecule has 2 atom stereocenters. The number of carbonyl (C=O) groups is 3. The molecule has 2 unspecified atom stereocenters. The van der Waals surface area contributed by atoms with Gasteiger partial charge in [-0.15, -0.1) is 0 Å². The normalized spacial score (nSPS) is 13.1. The smallest absolute Gasteiger partial charge is 0.408 e. The summed E-state index contributed by atoms with van der Waals surface area (Å²) in [6.45, 7) is 13.0. The highest BCUT2D eigenvalue weighted by Gasteiger charge is 2.36. The number of hydrogen-bond acceptors (Lipinski definition) is 5. The molecule has 1 aromatic rings. The van der Waals surface area contributed by atoms with Crippen LogP contribution < -0.4 is 10.6 Å². The van der Waals surface area contributed by atoms with Gasteiger partial charge in [0.25, 0.3) is 0 Å². The summed E-state index contributed by atoms with van der Waals surface area (Å²) in [6, 6.07) is 3.52. The van der Waals surface area contributed by atoms with Crippen molar-refractivity contribution in [1.29, 1.82) is 0 Å². The number of unbranched alkanes of at least 4 members (excludes halogenated alkanes) is 2. The molecular formula is C25H41N3O5. The van der Waals surface area contributed by atoms with E-state index in [9.17, 15) is 19.5 Å². The molecule has 0 aromatic heterocycles. The Morgan fingerprint density at radius 1 is 1.12 bits per heavy atom. The second-order valence-electron chi connectivity index (χ2n) is 9.20. The summed E-state index contributed by atoms with van der Waals surface area (Å²) in [4.78, 5) is 40.4. The lowest BCUT2D eigenvalue weighted by molar-refractivity contribution is -0.143. The van der Waals surface area contributed by atoms with E-state index >= 15 is 0 Å². The maximum Gasteiger partial charge on any atom is 0.408 e. The number of likely N-dealkylation sites (N-methyl/N-ethyl adjacent to an activating group) is 1. The number of benzene rings is 1. The molecule has 0 aliphatic heterocycles. The van der Waals surface area contributed by atoms with Gasteiger partial charge in [0.1, 0.15) is 17.7 Å². The van der Waals surface area contributed by atoms with Crippen molar-refractivity contribution in [3.63, 3.8) is 0 Å². The van der Waals surface area contributed by atoms with Crippen molar-refractivity contribution >= 4 is 17.9 Å². The summed E-state index contributed by atoms with van der Waals surface area (Å²) in [5.74, 6) is -0.843. The topological polar surface area (TPSA) is 108 Å². The van der Waals surface area contributed by atoms with Crippen LogP contribution in [0.2, 0.25) is 0 Å². The zero-order valence-electron chi connectivity index (χ0n) is 21.2. The molecule has 3 N–H and O–H groups in total. The van der Waals surface area contributed by atoms with E-state index in [4.69, 9.17) is 4.74 Å². The van der Waals surface area contributed by atoms with E-state index in [2.05, 4.69) is 17.6 Å². The maximum atomic E-state index is 13.4. The molecule has 0 heterocycles. The Labute approximate surface area is 198 Å². The number of nitrogens with zero attached hydrogens (tertiary/aromatic N) is 1. The Kier molecular flexibility index (Phi) is 11.4. The van der Waals surface area contributed by atoms with E-state index in [0.29, 0.717) is 12.1 Å². The van der Waals surface area contributed by atoms with Crippen LogP contribution in [0.3, 0.4) is 0 Å².